The van der Waals surface area contributed by atoms with Crippen molar-refractivity contribution in [3.8, 4) is 5.69 Å². The molecule has 0 N–H and O–H groups in total. The van der Waals surface area contributed by atoms with Gasteiger partial charge in [-0.3, -0.25) is 4.98 Å². The number of fused-ring (bicyclic) bond motifs is 1. The molecule has 0 saturated carbocycles. The Hall–Kier alpha value is -2.23. The van der Waals surface area contributed by atoms with Crippen molar-refractivity contribution >= 4 is 10.9 Å². The maximum absolute atomic E-state index is 12.8. The molecule has 0 saturated heterocycles. The van der Waals surface area contributed by atoms with Gasteiger partial charge in [0.15, 0.2) is 0 Å². The topological polar surface area (TPSA) is 30.7 Å². The highest BCUT2D eigenvalue weighted by atomic mass is 19.1. The van der Waals surface area contributed by atoms with Gasteiger partial charge in [-0.1, -0.05) is 0 Å². The SMILES string of the molecule is Fc1ccc(-n2ncc3ccncc32)cc1. The minimum Gasteiger partial charge on any atom is -0.262 e. The molecular weight excluding hydrogens is 205 g/mol. The molecule has 0 aliphatic carbocycles. The monoisotopic (exact) mass is 213 g/mol. The van der Waals surface area contributed by atoms with E-state index in [-0.39, 0.29) is 5.82 Å². The molecule has 16 heavy (non-hydrogen) atoms. The molecule has 0 bridgehead atoms. The van der Waals surface area contributed by atoms with E-state index >= 15 is 0 Å². The third kappa shape index (κ3) is 1.35. The number of pyridine rings is 1. The van der Waals surface area contributed by atoms with E-state index < -0.39 is 0 Å². The zero-order valence-corrected chi connectivity index (χ0v) is 8.34. The van der Waals surface area contributed by atoms with E-state index in [9.17, 15) is 4.39 Å². The molecule has 2 aromatic heterocycles. The van der Waals surface area contributed by atoms with Gasteiger partial charge in [-0.15, -0.1) is 0 Å². The first-order valence-corrected chi connectivity index (χ1v) is 4.88. The van der Waals surface area contributed by atoms with Crippen molar-refractivity contribution in [3.05, 3.63) is 54.7 Å². The second-order valence-corrected chi connectivity index (χ2v) is 3.47. The van der Waals surface area contributed by atoms with Gasteiger partial charge in [-0.25, -0.2) is 9.07 Å². The third-order valence-corrected chi connectivity index (χ3v) is 2.44. The van der Waals surface area contributed by atoms with Crippen LogP contribution in [0.25, 0.3) is 16.6 Å². The summed E-state index contributed by atoms with van der Waals surface area (Å²) < 4.78 is 14.5. The minimum absolute atomic E-state index is 0.252. The second-order valence-electron chi connectivity index (χ2n) is 3.47. The molecule has 78 valence electrons. The number of benzene rings is 1. The standard InChI is InChI=1S/C12H8FN3/c13-10-1-3-11(4-2-10)16-12-8-14-6-5-9(12)7-15-16/h1-8H. The van der Waals surface area contributed by atoms with E-state index in [1.165, 1.54) is 12.1 Å². The van der Waals surface area contributed by atoms with Gasteiger partial charge in [-0.05, 0) is 30.3 Å². The van der Waals surface area contributed by atoms with Crippen molar-refractivity contribution in [2.24, 2.45) is 0 Å². The molecule has 0 fully saturated rings. The largest absolute Gasteiger partial charge is 0.262 e. The maximum atomic E-state index is 12.8. The summed E-state index contributed by atoms with van der Waals surface area (Å²) in [4.78, 5) is 4.05. The number of nitrogens with zero attached hydrogens (tertiary/aromatic N) is 3. The molecule has 3 rings (SSSR count). The maximum Gasteiger partial charge on any atom is 0.123 e. The van der Waals surface area contributed by atoms with Crippen LogP contribution in [0.5, 0.6) is 0 Å². The fourth-order valence-corrected chi connectivity index (χ4v) is 1.65. The van der Waals surface area contributed by atoms with Crippen LogP contribution < -0.4 is 0 Å². The molecular formula is C12H8FN3. The first-order valence-electron chi connectivity index (χ1n) is 4.88. The number of aromatic nitrogens is 3. The quantitative estimate of drug-likeness (QED) is 0.622. The van der Waals surface area contributed by atoms with Crippen molar-refractivity contribution < 1.29 is 4.39 Å². The molecule has 0 aliphatic rings. The summed E-state index contributed by atoms with van der Waals surface area (Å²) in [5.41, 5.74) is 1.73. The molecule has 1 aromatic carbocycles. The molecule has 2 heterocycles. The smallest absolute Gasteiger partial charge is 0.123 e. The molecule has 0 radical (unpaired) electrons. The summed E-state index contributed by atoms with van der Waals surface area (Å²) >= 11 is 0. The van der Waals surface area contributed by atoms with E-state index in [1.54, 1.807) is 35.4 Å². The summed E-state index contributed by atoms with van der Waals surface area (Å²) in [7, 11) is 0. The summed E-state index contributed by atoms with van der Waals surface area (Å²) in [6.45, 7) is 0. The van der Waals surface area contributed by atoms with Crippen LogP contribution in [0.1, 0.15) is 0 Å². The lowest BCUT2D eigenvalue weighted by Crippen LogP contribution is -1.95. The number of hydrogen-bond acceptors (Lipinski definition) is 2. The van der Waals surface area contributed by atoms with Gasteiger partial charge in [-0.2, -0.15) is 5.10 Å². The first kappa shape index (κ1) is 9.03. The Bertz CT molecular complexity index is 628. The predicted octanol–water partition coefficient (Wildman–Crippen LogP) is 2.56. The van der Waals surface area contributed by atoms with E-state index in [0.29, 0.717) is 0 Å². The summed E-state index contributed by atoms with van der Waals surface area (Å²) in [6.07, 6.45) is 5.23. The van der Waals surface area contributed by atoms with Gasteiger partial charge in [0.25, 0.3) is 0 Å². The van der Waals surface area contributed by atoms with Crippen LogP contribution in [-0.2, 0) is 0 Å². The average molecular weight is 213 g/mol. The van der Waals surface area contributed by atoms with Crippen LogP contribution in [0.4, 0.5) is 4.39 Å². The van der Waals surface area contributed by atoms with Crippen molar-refractivity contribution in [2.45, 2.75) is 0 Å². The number of hydrogen-bond donors (Lipinski definition) is 0. The lowest BCUT2D eigenvalue weighted by Gasteiger charge is -2.02. The Morgan fingerprint density at radius 1 is 1.00 bits per heavy atom. The van der Waals surface area contributed by atoms with Gasteiger partial charge in [0.1, 0.15) is 5.82 Å². The van der Waals surface area contributed by atoms with Crippen molar-refractivity contribution in [3.63, 3.8) is 0 Å². The third-order valence-electron chi connectivity index (χ3n) is 2.44. The molecule has 0 spiro atoms. The van der Waals surface area contributed by atoms with E-state index in [1.807, 2.05) is 6.07 Å². The summed E-state index contributed by atoms with van der Waals surface area (Å²) in [6, 6.07) is 8.10. The van der Waals surface area contributed by atoms with E-state index in [4.69, 9.17) is 0 Å². The molecule has 0 unspecified atom stereocenters. The van der Waals surface area contributed by atoms with Gasteiger partial charge >= 0.3 is 0 Å². The Balaban J connectivity index is 2.22. The summed E-state index contributed by atoms with van der Waals surface area (Å²) in [5, 5.41) is 5.26. The zero-order chi connectivity index (χ0) is 11.0. The van der Waals surface area contributed by atoms with Crippen LogP contribution in [0.3, 0.4) is 0 Å². The van der Waals surface area contributed by atoms with Crippen LogP contribution in [0.15, 0.2) is 48.9 Å². The minimum atomic E-state index is -0.252. The van der Waals surface area contributed by atoms with Crippen LogP contribution >= 0.6 is 0 Å². The van der Waals surface area contributed by atoms with Crippen molar-refractivity contribution in [1.29, 1.82) is 0 Å². The molecule has 3 nitrogen and oxygen atoms in total. The first-order chi connectivity index (χ1) is 7.84. The number of rotatable bonds is 1. The fraction of sp³-hybridized carbons (Fsp3) is 0. The van der Waals surface area contributed by atoms with Gasteiger partial charge in [0.2, 0.25) is 0 Å². The normalized spacial score (nSPS) is 10.8. The van der Waals surface area contributed by atoms with Crippen molar-refractivity contribution in [1.82, 2.24) is 14.8 Å². The van der Waals surface area contributed by atoms with Gasteiger partial charge < -0.3 is 0 Å². The Labute approximate surface area is 91.2 Å². The lowest BCUT2D eigenvalue weighted by atomic mass is 10.3. The Morgan fingerprint density at radius 3 is 2.62 bits per heavy atom. The highest BCUT2D eigenvalue weighted by molar-refractivity contribution is 5.78. The van der Waals surface area contributed by atoms with E-state index in [0.717, 1.165) is 16.6 Å². The predicted molar refractivity (Wildman–Crippen MR) is 58.8 cm³/mol. The van der Waals surface area contributed by atoms with Crippen molar-refractivity contribution in [2.75, 3.05) is 0 Å². The molecule has 4 heteroatoms. The summed E-state index contributed by atoms with van der Waals surface area (Å²) in [5.74, 6) is -0.252. The lowest BCUT2D eigenvalue weighted by molar-refractivity contribution is 0.627. The zero-order valence-electron chi connectivity index (χ0n) is 8.34. The van der Waals surface area contributed by atoms with Crippen LogP contribution in [0, 0.1) is 5.82 Å². The molecule has 0 amide bonds. The average Bonchev–Trinajstić information content (AvgIpc) is 2.74. The van der Waals surface area contributed by atoms with E-state index in [2.05, 4.69) is 10.1 Å². The molecule has 0 aliphatic heterocycles. The fourth-order valence-electron chi connectivity index (χ4n) is 1.65. The molecule has 0 atom stereocenters. The Kier molecular flexibility index (Phi) is 1.93. The molecule has 3 aromatic rings. The number of halogens is 1. The highest BCUT2D eigenvalue weighted by Crippen LogP contribution is 2.16. The van der Waals surface area contributed by atoms with Gasteiger partial charge in [0.05, 0.1) is 23.6 Å². The van der Waals surface area contributed by atoms with Crippen LogP contribution in [-0.4, -0.2) is 14.8 Å². The second kappa shape index (κ2) is 3.41. The Morgan fingerprint density at radius 2 is 1.81 bits per heavy atom. The highest BCUT2D eigenvalue weighted by Gasteiger charge is 2.03. The van der Waals surface area contributed by atoms with Crippen LogP contribution in [0.2, 0.25) is 0 Å². The van der Waals surface area contributed by atoms with Gasteiger partial charge in [0, 0.05) is 11.6 Å².